The van der Waals surface area contributed by atoms with E-state index in [1.165, 1.54) is 16.7 Å². The minimum absolute atomic E-state index is 0.0870. The summed E-state index contributed by atoms with van der Waals surface area (Å²) >= 11 is 7.32. The second-order valence-electron chi connectivity index (χ2n) is 5.12. The number of nitrogens with zero attached hydrogens (tertiary/aromatic N) is 2. The molecule has 1 amide bonds. The van der Waals surface area contributed by atoms with Crippen LogP contribution in [0.5, 0.6) is 0 Å². The number of amides is 1. The van der Waals surface area contributed by atoms with Crippen LogP contribution in [0.4, 0.5) is 4.39 Å². The molecule has 0 spiro atoms. The van der Waals surface area contributed by atoms with Gasteiger partial charge in [0.1, 0.15) is 17.0 Å². The lowest BCUT2D eigenvalue weighted by molar-refractivity contribution is -0.141. The van der Waals surface area contributed by atoms with Crippen molar-refractivity contribution in [1.82, 2.24) is 9.88 Å². The first-order valence-corrected chi connectivity index (χ1v) is 7.90. The maximum absolute atomic E-state index is 13.3. The summed E-state index contributed by atoms with van der Waals surface area (Å²) in [6.07, 6.45) is 2.87. The van der Waals surface area contributed by atoms with Crippen LogP contribution in [-0.2, 0) is 4.79 Å². The standard InChI is InChI=1S/C13H12ClFN2O3S/c14-10-8(3-7(15)4-16-10)11(18)17-9(13(19)20)5-21-12(17)6-1-2-6/h3-4,6,9,12H,1-2,5H2,(H,19,20). The number of pyridine rings is 1. The SMILES string of the molecule is O=C(O)C1CSC(C2CC2)N1C(=O)c1cc(F)cnc1Cl. The van der Waals surface area contributed by atoms with Gasteiger partial charge >= 0.3 is 5.97 Å². The van der Waals surface area contributed by atoms with Gasteiger partial charge in [-0.2, -0.15) is 0 Å². The number of carboxylic acid groups (broad SMARTS) is 1. The zero-order chi connectivity index (χ0) is 15.1. The van der Waals surface area contributed by atoms with E-state index in [9.17, 15) is 19.1 Å². The third kappa shape index (κ3) is 2.72. The number of hydrogen-bond donors (Lipinski definition) is 1. The fourth-order valence-corrected chi connectivity index (χ4v) is 4.25. The molecule has 1 aromatic rings. The molecule has 0 bridgehead atoms. The summed E-state index contributed by atoms with van der Waals surface area (Å²) in [6, 6.07) is 0.0937. The third-order valence-corrected chi connectivity index (χ3v) is 5.38. The quantitative estimate of drug-likeness (QED) is 0.861. The Morgan fingerprint density at radius 2 is 2.19 bits per heavy atom. The Morgan fingerprint density at radius 3 is 2.81 bits per heavy atom. The molecular weight excluding hydrogens is 319 g/mol. The van der Waals surface area contributed by atoms with Gasteiger partial charge in [-0.25, -0.2) is 14.2 Å². The van der Waals surface area contributed by atoms with Crippen molar-refractivity contribution in [2.45, 2.75) is 24.3 Å². The molecule has 1 aliphatic heterocycles. The summed E-state index contributed by atoms with van der Waals surface area (Å²) in [5, 5.41) is 9.00. The van der Waals surface area contributed by atoms with Crippen LogP contribution in [0.3, 0.4) is 0 Å². The molecule has 112 valence electrons. The molecule has 2 unspecified atom stereocenters. The number of thioether (sulfide) groups is 1. The van der Waals surface area contributed by atoms with Crippen LogP contribution in [0.15, 0.2) is 12.3 Å². The third-order valence-electron chi connectivity index (χ3n) is 3.62. The highest BCUT2D eigenvalue weighted by atomic mass is 35.5. The van der Waals surface area contributed by atoms with Crippen molar-refractivity contribution in [1.29, 1.82) is 0 Å². The highest BCUT2D eigenvalue weighted by Gasteiger charge is 2.48. The van der Waals surface area contributed by atoms with E-state index in [0.717, 1.165) is 25.1 Å². The molecule has 2 aliphatic rings. The Balaban J connectivity index is 1.95. The van der Waals surface area contributed by atoms with E-state index in [4.69, 9.17) is 11.6 Å². The second-order valence-corrected chi connectivity index (χ2v) is 6.63. The van der Waals surface area contributed by atoms with Gasteiger partial charge in [-0.15, -0.1) is 11.8 Å². The molecule has 8 heteroatoms. The van der Waals surface area contributed by atoms with Crippen molar-refractivity contribution >= 4 is 35.2 Å². The van der Waals surface area contributed by atoms with Crippen LogP contribution in [-0.4, -0.2) is 44.0 Å². The second kappa shape index (κ2) is 5.46. The number of carbonyl (C=O) groups excluding carboxylic acids is 1. The molecule has 1 saturated carbocycles. The molecular formula is C13H12ClFN2O3S. The molecule has 1 aliphatic carbocycles. The molecule has 0 radical (unpaired) electrons. The summed E-state index contributed by atoms with van der Waals surface area (Å²) in [5.41, 5.74) is -0.0870. The van der Waals surface area contributed by atoms with Crippen molar-refractivity contribution in [2.75, 3.05) is 5.75 Å². The first-order valence-electron chi connectivity index (χ1n) is 6.47. The number of carbonyl (C=O) groups is 2. The van der Waals surface area contributed by atoms with Gasteiger partial charge in [0.05, 0.1) is 17.1 Å². The normalized spacial score (nSPS) is 25.1. The predicted molar refractivity (Wildman–Crippen MR) is 75.8 cm³/mol. The van der Waals surface area contributed by atoms with Crippen LogP contribution in [0, 0.1) is 11.7 Å². The first kappa shape index (κ1) is 14.6. The van der Waals surface area contributed by atoms with Crippen molar-refractivity contribution in [2.24, 2.45) is 5.92 Å². The molecule has 2 fully saturated rings. The van der Waals surface area contributed by atoms with Gasteiger partial charge in [-0.1, -0.05) is 11.6 Å². The maximum atomic E-state index is 13.3. The fraction of sp³-hybridized carbons (Fsp3) is 0.462. The van der Waals surface area contributed by atoms with Gasteiger partial charge in [0.15, 0.2) is 0 Å². The Morgan fingerprint density at radius 1 is 1.48 bits per heavy atom. The summed E-state index contributed by atoms with van der Waals surface area (Å²) < 4.78 is 13.3. The monoisotopic (exact) mass is 330 g/mol. The van der Waals surface area contributed by atoms with Crippen molar-refractivity contribution < 1.29 is 19.1 Å². The Labute approximate surface area is 129 Å². The van der Waals surface area contributed by atoms with E-state index in [-0.39, 0.29) is 16.1 Å². The number of hydrogen-bond acceptors (Lipinski definition) is 4. The van der Waals surface area contributed by atoms with E-state index in [1.807, 2.05) is 0 Å². The van der Waals surface area contributed by atoms with Crippen molar-refractivity contribution in [3.8, 4) is 0 Å². The summed E-state index contributed by atoms with van der Waals surface area (Å²) in [7, 11) is 0. The minimum Gasteiger partial charge on any atom is -0.480 e. The Kier molecular flexibility index (Phi) is 3.79. The van der Waals surface area contributed by atoms with Gasteiger partial charge in [0.2, 0.25) is 0 Å². The highest BCUT2D eigenvalue weighted by molar-refractivity contribution is 8.00. The summed E-state index contributed by atoms with van der Waals surface area (Å²) in [4.78, 5) is 28.9. The molecule has 2 heterocycles. The minimum atomic E-state index is -1.06. The van der Waals surface area contributed by atoms with Crippen LogP contribution in [0.2, 0.25) is 5.15 Å². The van der Waals surface area contributed by atoms with E-state index < -0.39 is 23.7 Å². The lowest BCUT2D eigenvalue weighted by Gasteiger charge is -2.27. The first-order chi connectivity index (χ1) is 9.99. The Hall–Kier alpha value is -1.34. The summed E-state index contributed by atoms with van der Waals surface area (Å²) in [6.45, 7) is 0. The van der Waals surface area contributed by atoms with Crippen LogP contribution in [0.1, 0.15) is 23.2 Å². The molecule has 2 atom stereocenters. The van der Waals surface area contributed by atoms with Gasteiger partial charge in [-0.05, 0) is 24.8 Å². The molecule has 1 N–H and O–H groups in total. The number of carboxylic acids is 1. The lowest BCUT2D eigenvalue weighted by atomic mass is 10.2. The topological polar surface area (TPSA) is 70.5 Å². The number of halogens is 2. The van der Waals surface area contributed by atoms with Gasteiger partial charge < -0.3 is 10.0 Å². The van der Waals surface area contributed by atoms with Crippen LogP contribution >= 0.6 is 23.4 Å². The number of aromatic nitrogens is 1. The Bertz CT molecular complexity index is 611. The fourth-order valence-electron chi connectivity index (χ4n) is 2.43. The van der Waals surface area contributed by atoms with E-state index in [0.29, 0.717) is 11.7 Å². The predicted octanol–water partition coefficient (Wildman–Crippen LogP) is 2.25. The average Bonchev–Trinajstić information content (AvgIpc) is 3.19. The van der Waals surface area contributed by atoms with Crippen LogP contribution in [0.25, 0.3) is 0 Å². The van der Waals surface area contributed by atoms with E-state index in [1.54, 1.807) is 0 Å². The lowest BCUT2D eigenvalue weighted by Crippen LogP contribution is -2.46. The average molecular weight is 331 g/mol. The molecule has 3 rings (SSSR count). The smallest absolute Gasteiger partial charge is 0.327 e. The largest absolute Gasteiger partial charge is 0.480 e. The molecule has 1 saturated heterocycles. The van der Waals surface area contributed by atoms with Crippen molar-refractivity contribution in [3.63, 3.8) is 0 Å². The highest BCUT2D eigenvalue weighted by Crippen LogP contribution is 2.46. The zero-order valence-corrected chi connectivity index (χ0v) is 12.4. The number of rotatable bonds is 3. The van der Waals surface area contributed by atoms with Gasteiger partial charge in [-0.3, -0.25) is 4.79 Å². The van der Waals surface area contributed by atoms with Crippen LogP contribution < -0.4 is 0 Å². The molecule has 5 nitrogen and oxygen atoms in total. The van der Waals surface area contributed by atoms with E-state index >= 15 is 0 Å². The van der Waals surface area contributed by atoms with Crippen molar-refractivity contribution in [3.05, 3.63) is 28.8 Å². The van der Waals surface area contributed by atoms with Gasteiger partial charge in [0.25, 0.3) is 5.91 Å². The zero-order valence-electron chi connectivity index (χ0n) is 10.8. The molecule has 1 aromatic heterocycles. The molecule has 21 heavy (non-hydrogen) atoms. The van der Waals surface area contributed by atoms with E-state index in [2.05, 4.69) is 4.98 Å². The molecule has 0 aromatic carbocycles. The maximum Gasteiger partial charge on any atom is 0.327 e. The summed E-state index contributed by atoms with van der Waals surface area (Å²) in [5.74, 6) is -1.66. The van der Waals surface area contributed by atoms with Gasteiger partial charge in [0, 0.05) is 5.75 Å². The number of aliphatic carboxylic acids is 1.